The molecule has 0 saturated carbocycles. The van der Waals surface area contributed by atoms with Crippen LogP contribution < -0.4 is 37.0 Å². The highest BCUT2D eigenvalue weighted by Gasteiger charge is 2.52. The van der Waals surface area contributed by atoms with E-state index in [-0.39, 0.29) is 13.6 Å². The van der Waals surface area contributed by atoms with Crippen LogP contribution >= 0.6 is 0 Å². The molecule has 0 N–H and O–H groups in total. The molecular weight excluding hydrogens is 474 g/mol. The van der Waals surface area contributed by atoms with Gasteiger partial charge in [0, 0.05) is 33.9 Å². The highest BCUT2D eigenvalue weighted by molar-refractivity contribution is 7.03. The maximum absolute atomic E-state index is 6.28. The highest BCUT2D eigenvalue weighted by Crippen LogP contribution is 2.50. The normalized spacial score (nSPS) is 14.5. The molecule has 0 spiro atoms. The molecule has 4 aliphatic heterocycles. The SMILES string of the molecule is c1ccc(N2c3ccc4c5c3B(c3ccoc32)c2cccc3c2N5B(c2ccccc2-3)c2ccccc2-4)cc1. The van der Waals surface area contributed by atoms with Crippen molar-refractivity contribution in [1.82, 2.24) is 0 Å². The molecule has 5 aromatic carbocycles. The van der Waals surface area contributed by atoms with Gasteiger partial charge in [-0.2, -0.15) is 0 Å². The number of para-hydroxylation sites is 2. The molecule has 0 unspecified atom stereocenters. The Hall–Kier alpha value is -4.89. The lowest BCUT2D eigenvalue weighted by molar-refractivity contribution is 0.575. The van der Waals surface area contributed by atoms with Gasteiger partial charge in [-0.15, -0.1) is 0 Å². The summed E-state index contributed by atoms with van der Waals surface area (Å²) in [6.45, 7) is 0.230. The Bertz CT molecular complexity index is 2010. The topological polar surface area (TPSA) is 19.6 Å². The summed E-state index contributed by atoms with van der Waals surface area (Å²) in [5.74, 6) is 0.911. The Kier molecular flexibility index (Phi) is 3.58. The molecule has 178 valence electrons. The first-order valence-corrected chi connectivity index (χ1v) is 13.6. The summed E-state index contributed by atoms with van der Waals surface area (Å²) in [5.41, 5.74) is 17.0. The van der Waals surface area contributed by atoms with E-state index in [1.165, 1.54) is 66.6 Å². The highest BCUT2D eigenvalue weighted by atomic mass is 16.3. The fourth-order valence-corrected chi connectivity index (χ4v) is 7.75. The third kappa shape index (κ3) is 2.30. The van der Waals surface area contributed by atoms with Crippen LogP contribution in [0.25, 0.3) is 22.3 Å². The smallest absolute Gasteiger partial charge is 0.329 e. The van der Waals surface area contributed by atoms with E-state index in [0.29, 0.717) is 0 Å². The Labute approximate surface area is 227 Å². The van der Waals surface area contributed by atoms with Crippen LogP contribution in [-0.4, -0.2) is 13.6 Å². The van der Waals surface area contributed by atoms with E-state index >= 15 is 0 Å². The van der Waals surface area contributed by atoms with Crippen molar-refractivity contribution in [3.05, 3.63) is 122 Å². The number of furan rings is 1. The van der Waals surface area contributed by atoms with Gasteiger partial charge in [0.25, 0.3) is 6.71 Å². The average molecular weight is 494 g/mol. The molecule has 39 heavy (non-hydrogen) atoms. The molecule has 5 heteroatoms. The van der Waals surface area contributed by atoms with Crippen molar-refractivity contribution >= 4 is 69.5 Å². The summed E-state index contributed by atoms with van der Waals surface area (Å²) < 4.78 is 6.28. The van der Waals surface area contributed by atoms with Gasteiger partial charge >= 0.3 is 6.85 Å². The van der Waals surface area contributed by atoms with Gasteiger partial charge in [-0.05, 0) is 62.7 Å². The van der Waals surface area contributed by atoms with Gasteiger partial charge in [0.2, 0.25) is 0 Å². The second-order valence-corrected chi connectivity index (χ2v) is 10.9. The first kappa shape index (κ1) is 20.1. The van der Waals surface area contributed by atoms with Crippen LogP contribution in [0.1, 0.15) is 0 Å². The van der Waals surface area contributed by atoms with Crippen LogP contribution in [0.4, 0.5) is 28.6 Å². The van der Waals surface area contributed by atoms with Crippen molar-refractivity contribution in [3.63, 3.8) is 0 Å². The Morgan fingerprint density at radius 3 is 1.97 bits per heavy atom. The van der Waals surface area contributed by atoms with Crippen molar-refractivity contribution in [2.45, 2.75) is 0 Å². The maximum Gasteiger partial charge on any atom is 0.329 e. The van der Waals surface area contributed by atoms with Crippen molar-refractivity contribution in [1.29, 1.82) is 0 Å². The number of benzene rings is 5. The molecule has 0 fully saturated rings. The van der Waals surface area contributed by atoms with E-state index < -0.39 is 0 Å². The van der Waals surface area contributed by atoms with Crippen molar-refractivity contribution in [2.24, 2.45) is 0 Å². The minimum atomic E-state index is 0.103. The number of fused-ring (bicyclic) bond motifs is 9. The fourth-order valence-electron chi connectivity index (χ4n) is 7.75. The first-order valence-electron chi connectivity index (χ1n) is 13.6. The van der Waals surface area contributed by atoms with E-state index in [1.807, 2.05) is 6.26 Å². The Morgan fingerprint density at radius 1 is 0.513 bits per heavy atom. The molecule has 0 radical (unpaired) electrons. The van der Waals surface area contributed by atoms with Crippen molar-refractivity contribution in [3.8, 4) is 22.3 Å². The summed E-state index contributed by atoms with van der Waals surface area (Å²) in [6, 6.07) is 42.3. The zero-order chi connectivity index (χ0) is 25.2. The summed E-state index contributed by atoms with van der Waals surface area (Å²) in [4.78, 5) is 4.97. The van der Waals surface area contributed by atoms with E-state index in [1.54, 1.807) is 0 Å². The third-order valence-corrected chi connectivity index (χ3v) is 9.14. The second kappa shape index (κ2) is 6.95. The Balaban J connectivity index is 1.40. The van der Waals surface area contributed by atoms with Crippen molar-refractivity contribution in [2.75, 3.05) is 9.71 Å². The zero-order valence-electron chi connectivity index (χ0n) is 21.0. The van der Waals surface area contributed by atoms with E-state index in [2.05, 4.69) is 125 Å². The lowest BCUT2D eigenvalue weighted by Crippen LogP contribution is -2.69. The zero-order valence-corrected chi connectivity index (χ0v) is 21.0. The molecule has 0 aliphatic carbocycles. The van der Waals surface area contributed by atoms with Gasteiger partial charge in [0.05, 0.1) is 6.26 Å². The quantitative estimate of drug-likeness (QED) is 0.306. The number of hydrogen-bond acceptors (Lipinski definition) is 3. The van der Waals surface area contributed by atoms with Crippen LogP contribution in [0.15, 0.2) is 126 Å². The largest absolute Gasteiger partial charge is 0.449 e. The molecule has 5 heterocycles. The van der Waals surface area contributed by atoms with Gasteiger partial charge in [-0.1, -0.05) is 91.0 Å². The van der Waals surface area contributed by atoms with Gasteiger partial charge in [-0.3, -0.25) is 4.90 Å². The molecule has 0 amide bonds. The lowest BCUT2D eigenvalue weighted by Gasteiger charge is -2.50. The summed E-state index contributed by atoms with van der Waals surface area (Å²) in [7, 11) is 0. The summed E-state index contributed by atoms with van der Waals surface area (Å²) in [5, 5.41) is 0. The fraction of sp³-hybridized carbons (Fsp3) is 0. The van der Waals surface area contributed by atoms with Crippen LogP contribution in [-0.2, 0) is 0 Å². The monoisotopic (exact) mass is 494 g/mol. The predicted molar refractivity (Wildman–Crippen MR) is 163 cm³/mol. The number of nitrogens with zero attached hydrogens (tertiary/aromatic N) is 2. The van der Waals surface area contributed by atoms with E-state index in [0.717, 1.165) is 11.6 Å². The van der Waals surface area contributed by atoms with Crippen LogP contribution in [0.2, 0.25) is 0 Å². The number of anilines is 5. The van der Waals surface area contributed by atoms with E-state index in [4.69, 9.17) is 4.42 Å². The van der Waals surface area contributed by atoms with Gasteiger partial charge < -0.3 is 9.23 Å². The third-order valence-electron chi connectivity index (χ3n) is 9.14. The maximum atomic E-state index is 6.28. The van der Waals surface area contributed by atoms with Gasteiger partial charge in [0.1, 0.15) is 0 Å². The number of hydrogen-bond donors (Lipinski definition) is 0. The predicted octanol–water partition coefficient (Wildman–Crippen LogP) is 4.80. The van der Waals surface area contributed by atoms with E-state index in [9.17, 15) is 0 Å². The Morgan fingerprint density at radius 2 is 1.18 bits per heavy atom. The van der Waals surface area contributed by atoms with Crippen LogP contribution in [0.3, 0.4) is 0 Å². The molecule has 0 saturated heterocycles. The molecule has 0 atom stereocenters. The van der Waals surface area contributed by atoms with Gasteiger partial charge in [0.15, 0.2) is 5.88 Å². The van der Waals surface area contributed by atoms with Gasteiger partial charge in [-0.25, -0.2) is 0 Å². The second-order valence-electron chi connectivity index (χ2n) is 10.9. The molecule has 6 aromatic rings. The van der Waals surface area contributed by atoms with Crippen LogP contribution in [0.5, 0.6) is 0 Å². The standard InChI is InChI=1S/C34H20B2N2O/c1-2-9-21(10-3-1)37-30-18-17-25-23-12-5-7-15-27(23)36-26-14-6-4-11-22(26)24-13-8-16-28-32(24)38(36)33(25)31(30)35(28)29-19-20-39-34(29)37/h1-20H. The minimum absolute atomic E-state index is 0.103. The minimum Gasteiger partial charge on any atom is -0.449 e. The lowest BCUT2D eigenvalue weighted by atomic mass is 9.31. The summed E-state index contributed by atoms with van der Waals surface area (Å²) >= 11 is 0. The molecule has 10 rings (SSSR count). The molecule has 1 aromatic heterocycles. The molecule has 4 aliphatic rings. The molecule has 3 nitrogen and oxygen atoms in total. The van der Waals surface area contributed by atoms with Crippen molar-refractivity contribution < 1.29 is 4.42 Å². The first-order chi connectivity index (χ1) is 19.4. The molecular formula is C34H20B2N2O. The van der Waals surface area contributed by atoms with Crippen LogP contribution in [0, 0.1) is 0 Å². The summed E-state index contributed by atoms with van der Waals surface area (Å²) in [6.07, 6.45) is 1.86. The number of rotatable bonds is 1. The average Bonchev–Trinajstić information content (AvgIpc) is 3.49. The molecule has 0 bridgehead atoms.